The average Bonchev–Trinajstić information content (AvgIpc) is 2.62. The third kappa shape index (κ3) is 3.47. The van der Waals surface area contributed by atoms with E-state index in [1.165, 1.54) is 0 Å². The van der Waals surface area contributed by atoms with Gasteiger partial charge in [-0.1, -0.05) is 12.1 Å². The predicted octanol–water partition coefficient (Wildman–Crippen LogP) is 4.17. The van der Waals surface area contributed by atoms with Crippen LogP contribution in [0.2, 0.25) is 0 Å². The number of carbonyl (C=O) groups is 1. The number of amides is 1. The Labute approximate surface area is 151 Å². The second-order valence-corrected chi connectivity index (χ2v) is 5.97. The Bertz CT molecular complexity index is 1010. The molecule has 1 aromatic heterocycles. The maximum absolute atomic E-state index is 13.0. The van der Waals surface area contributed by atoms with Gasteiger partial charge in [-0.05, 0) is 56.7 Å². The number of hydrogen-bond acceptors (Lipinski definition) is 4. The number of rotatable bonds is 5. The summed E-state index contributed by atoms with van der Waals surface area (Å²) in [5, 5.41) is 0.677. The second kappa shape index (κ2) is 7.44. The van der Waals surface area contributed by atoms with E-state index in [1.54, 1.807) is 29.2 Å². The van der Waals surface area contributed by atoms with Crippen molar-refractivity contribution in [2.24, 2.45) is 0 Å². The molecule has 1 amide bonds. The molecule has 0 aliphatic heterocycles. The third-order valence-electron chi connectivity index (χ3n) is 4.12. The molecule has 0 fully saturated rings. The molecule has 0 atom stereocenters. The molecular formula is C21H21NO4. The van der Waals surface area contributed by atoms with E-state index >= 15 is 0 Å². The van der Waals surface area contributed by atoms with Crippen molar-refractivity contribution in [3.8, 4) is 5.75 Å². The van der Waals surface area contributed by atoms with E-state index < -0.39 is 5.63 Å². The van der Waals surface area contributed by atoms with E-state index in [2.05, 4.69) is 0 Å². The zero-order valence-electron chi connectivity index (χ0n) is 15.1. The number of carbonyl (C=O) groups excluding carboxylic acids is 1. The summed E-state index contributed by atoms with van der Waals surface area (Å²) in [5.41, 5.74) is 1.56. The van der Waals surface area contributed by atoms with E-state index in [0.717, 1.165) is 11.3 Å². The highest BCUT2D eigenvalue weighted by Crippen LogP contribution is 2.22. The van der Waals surface area contributed by atoms with Crippen LogP contribution < -0.4 is 15.3 Å². The Morgan fingerprint density at radius 2 is 1.92 bits per heavy atom. The maximum Gasteiger partial charge on any atom is 0.349 e. The van der Waals surface area contributed by atoms with Gasteiger partial charge in [-0.3, -0.25) is 4.79 Å². The first-order valence-corrected chi connectivity index (χ1v) is 8.62. The molecule has 0 radical (unpaired) electrons. The molecule has 5 nitrogen and oxygen atoms in total. The van der Waals surface area contributed by atoms with Gasteiger partial charge in [0, 0.05) is 23.7 Å². The Kier molecular flexibility index (Phi) is 5.07. The van der Waals surface area contributed by atoms with Gasteiger partial charge in [-0.15, -0.1) is 0 Å². The number of ether oxygens (including phenoxy) is 1. The van der Waals surface area contributed by atoms with Crippen LogP contribution in [0.3, 0.4) is 0 Å². The maximum atomic E-state index is 13.0. The van der Waals surface area contributed by atoms with Crippen molar-refractivity contribution in [3.05, 3.63) is 70.1 Å². The largest absolute Gasteiger partial charge is 0.494 e. The van der Waals surface area contributed by atoms with Gasteiger partial charge in [0.2, 0.25) is 0 Å². The van der Waals surface area contributed by atoms with E-state index in [9.17, 15) is 9.59 Å². The molecular weight excluding hydrogens is 330 g/mol. The van der Waals surface area contributed by atoms with Crippen molar-refractivity contribution >= 4 is 22.6 Å². The minimum atomic E-state index is -0.651. The van der Waals surface area contributed by atoms with Gasteiger partial charge in [0.1, 0.15) is 16.9 Å². The van der Waals surface area contributed by atoms with Gasteiger partial charge < -0.3 is 14.1 Å². The highest BCUT2D eigenvalue weighted by atomic mass is 16.5. The summed E-state index contributed by atoms with van der Waals surface area (Å²) in [5.74, 6) is 0.250. The van der Waals surface area contributed by atoms with Gasteiger partial charge in [0.25, 0.3) is 5.91 Å². The second-order valence-electron chi connectivity index (χ2n) is 5.97. The Morgan fingerprint density at radius 1 is 1.12 bits per heavy atom. The molecule has 0 unspecified atom stereocenters. The molecule has 0 aliphatic rings. The van der Waals surface area contributed by atoms with Crippen LogP contribution in [0.1, 0.15) is 29.8 Å². The Hall–Kier alpha value is -3.08. The number of nitrogens with zero attached hydrogens (tertiary/aromatic N) is 1. The molecule has 3 rings (SSSR count). The average molecular weight is 351 g/mol. The minimum Gasteiger partial charge on any atom is -0.494 e. The summed E-state index contributed by atoms with van der Waals surface area (Å²) < 4.78 is 10.8. The molecule has 2 aromatic carbocycles. The van der Waals surface area contributed by atoms with Crippen LogP contribution in [-0.2, 0) is 0 Å². The number of benzene rings is 2. The van der Waals surface area contributed by atoms with E-state index in [1.807, 2.05) is 45.0 Å². The summed E-state index contributed by atoms with van der Waals surface area (Å²) in [6.07, 6.45) is 0. The van der Waals surface area contributed by atoms with E-state index in [-0.39, 0.29) is 11.5 Å². The standard InChI is InChI=1S/C21H21NO4/c1-4-22(16-8-6-7-14(3)11-16)20(23)18-12-15-9-10-17(25-5-2)13-19(15)26-21(18)24/h6-13H,4-5H2,1-3H3. The smallest absolute Gasteiger partial charge is 0.349 e. The van der Waals surface area contributed by atoms with E-state index in [4.69, 9.17) is 9.15 Å². The quantitative estimate of drug-likeness (QED) is 0.648. The van der Waals surface area contributed by atoms with Crippen molar-refractivity contribution in [2.75, 3.05) is 18.1 Å². The zero-order chi connectivity index (χ0) is 18.7. The normalized spacial score (nSPS) is 10.7. The third-order valence-corrected chi connectivity index (χ3v) is 4.12. The molecule has 0 bridgehead atoms. The molecule has 0 spiro atoms. The first-order valence-electron chi connectivity index (χ1n) is 8.62. The molecule has 0 saturated carbocycles. The molecule has 0 aliphatic carbocycles. The highest BCUT2D eigenvalue weighted by molar-refractivity contribution is 6.07. The van der Waals surface area contributed by atoms with Crippen molar-refractivity contribution in [1.82, 2.24) is 0 Å². The lowest BCUT2D eigenvalue weighted by molar-refractivity contribution is 0.0985. The Balaban J connectivity index is 2.03. The van der Waals surface area contributed by atoms with Gasteiger partial charge >= 0.3 is 5.63 Å². The van der Waals surface area contributed by atoms with Gasteiger partial charge in [-0.25, -0.2) is 4.79 Å². The van der Waals surface area contributed by atoms with Gasteiger partial charge in [0.15, 0.2) is 0 Å². The summed E-state index contributed by atoms with van der Waals surface area (Å²) in [6.45, 7) is 6.68. The first-order chi connectivity index (χ1) is 12.5. The number of anilines is 1. The van der Waals surface area contributed by atoms with Crippen LogP contribution in [0, 0.1) is 6.92 Å². The molecule has 3 aromatic rings. The fourth-order valence-corrected chi connectivity index (χ4v) is 2.88. The topological polar surface area (TPSA) is 59.8 Å². The van der Waals surface area contributed by atoms with Crippen LogP contribution in [0.25, 0.3) is 11.0 Å². The lowest BCUT2D eigenvalue weighted by atomic mass is 10.1. The molecule has 5 heteroatoms. The summed E-state index contributed by atoms with van der Waals surface area (Å²) in [6, 6.07) is 14.4. The molecule has 26 heavy (non-hydrogen) atoms. The lowest BCUT2D eigenvalue weighted by Crippen LogP contribution is -2.33. The van der Waals surface area contributed by atoms with E-state index in [0.29, 0.717) is 29.9 Å². The fraction of sp³-hybridized carbons (Fsp3) is 0.238. The zero-order valence-corrected chi connectivity index (χ0v) is 15.1. The summed E-state index contributed by atoms with van der Waals surface area (Å²) in [7, 11) is 0. The predicted molar refractivity (Wildman–Crippen MR) is 102 cm³/mol. The minimum absolute atomic E-state index is 0.0185. The van der Waals surface area contributed by atoms with Crippen LogP contribution in [0.4, 0.5) is 5.69 Å². The van der Waals surface area contributed by atoms with Crippen molar-refractivity contribution in [1.29, 1.82) is 0 Å². The molecule has 0 N–H and O–H groups in total. The monoisotopic (exact) mass is 351 g/mol. The number of hydrogen-bond donors (Lipinski definition) is 0. The summed E-state index contributed by atoms with van der Waals surface area (Å²) >= 11 is 0. The molecule has 0 saturated heterocycles. The Morgan fingerprint density at radius 3 is 2.62 bits per heavy atom. The summed E-state index contributed by atoms with van der Waals surface area (Å²) in [4.78, 5) is 26.9. The molecule has 134 valence electrons. The van der Waals surface area contributed by atoms with Crippen molar-refractivity contribution in [3.63, 3.8) is 0 Å². The fourth-order valence-electron chi connectivity index (χ4n) is 2.88. The molecule has 1 heterocycles. The van der Waals surface area contributed by atoms with Crippen molar-refractivity contribution < 1.29 is 13.9 Å². The van der Waals surface area contributed by atoms with Crippen molar-refractivity contribution in [2.45, 2.75) is 20.8 Å². The van der Waals surface area contributed by atoms with Gasteiger partial charge in [0.05, 0.1) is 6.61 Å². The number of aryl methyl sites for hydroxylation is 1. The highest BCUT2D eigenvalue weighted by Gasteiger charge is 2.21. The van der Waals surface area contributed by atoms with Crippen LogP contribution in [0.15, 0.2) is 57.7 Å². The number of fused-ring (bicyclic) bond motifs is 1. The van der Waals surface area contributed by atoms with Gasteiger partial charge in [-0.2, -0.15) is 0 Å². The van der Waals surface area contributed by atoms with Crippen LogP contribution in [-0.4, -0.2) is 19.1 Å². The first kappa shape index (κ1) is 17.7. The van der Waals surface area contributed by atoms with Crippen LogP contribution in [0.5, 0.6) is 5.75 Å². The SMILES string of the molecule is CCOc1ccc2cc(C(=O)N(CC)c3cccc(C)c3)c(=O)oc2c1. The lowest BCUT2D eigenvalue weighted by Gasteiger charge is -2.21. The van der Waals surface area contributed by atoms with Crippen LogP contribution >= 0.6 is 0 Å².